The second kappa shape index (κ2) is 12.2. The molecule has 11 aromatic carbocycles. The maximum Gasteiger partial charge on any atom is 0.0963 e. The fraction of sp³-hybridized carbons (Fsp3) is 0. The van der Waals surface area contributed by atoms with Crippen molar-refractivity contribution in [2.75, 3.05) is 0 Å². The van der Waals surface area contributed by atoms with E-state index in [9.17, 15) is 0 Å². The Kier molecular flexibility index (Phi) is 6.59. The minimum atomic E-state index is 1.02. The Morgan fingerprint density at radius 3 is 1.66 bits per heavy atom. The molecule has 0 aliphatic heterocycles. The molecule has 0 spiro atoms. The van der Waals surface area contributed by atoms with Crippen molar-refractivity contribution in [3.63, 3.8) is 0 Å². The van der Waals surface area contributed by atoms with Gasteiger partial charge < -0.3 is 4.57 Å². The topological polar surface area (TPSA) is 17.8 Å². The normalized spacial score (nSPS) is 12.3. The molecule has 2 aromatic heterocycles. The van der Waals surface area contributed by atoms with E-state index in [1.54, 1.807) is 0 Å². The molecule has 14 rings (SSSR count). The molecule has 0 amide bonds. The number of fused-ring (bicyclic) bond motifs is 8. The average molecular weight is 771 g/mol. The summed E-state index contributed by atoms with van der Waals surface area (Å²) in [5.74, 6) is 0. The standard InChI is InChI=1S/C59H34N2/c1-3-12-36(13-4-1)52-44-18-7-8-19-45(44)53(37-14-5-2-6-15-37)57-47-32-31-42(43-20-10-21-46(55(43)47)56(52)57)35-25-28-41(29-26-35)61-50-22-11-33-60-58(50)49-34-40-24-23-38-16-9-17-39-27-30-48(59(49)61)54(40)51(38)39/h1-34H. The Morgan fingerprint density at radius 2 is 0.934 bits per heavy atom. The first-order chi connectivity index (χ1) is 30.3. The fourth-order valence-corrected chi connectivity index (χ4v) is 11.0. The van der Waals surface area contributed by atoms with Gasteiger partial charge in [0.15, 0.2) is 0 Å². The number of rotatable bonds is 4. The van der Waals surface area contributed by atoms with Gasteiger partial charge in [0, 0.05) is 22.7 Å². The van der Waals surface area contributed by atoms with Crippen molar-refractivity contribution < 1.29 is 0 Å². The van der Waals surface area contributed by atoms with Crippen molar-refractivity contribution in [2.45, 2.75) is 0 Å². The molecule has 13 aromatic rings. The van der Waals surface area contributed by atoms with Crippen molar-refractivity contribution in [1.29, 1.82) is 0 Å². The van der Waals surface area contributed by atoms with E-state index in [0.29, 0.717) is 0 Å². The van der Waals surface area contributed by atoms with Crippen molar-refractivity contribution in [3.05, 3.63) is 206 Å². The van der Waals surface area contributed by atoms with E-state index in [1.807, 2.05) is 6.20 Å². The smallest absolute Gasteiger partial charge is 0.0963 e. The van der Waals surface area contributed by atoms with Crippen LogP contribution in [0.1, 0.15) is 0 Å². The van der Waals surface area contributed by atoms with Crippen LogP contribution in [0.5, 0.6) is 0 Å². The summed E-state index contributed by atoms with van der Waals surface area (Å²) in [4.78, 5) is 4.98. The Balaban J connectivity index is 0.993. The summed E-state index contributed by atoms with van der Waals surface area (Å²) in [5.41, 5.74) is 17.2. The van der Waals surface area contributed by atoms with Crippen LogP contribution in [0.15, 0.2) is 206 Å². The van der Waals surface area contributed by atoms with Crippen molar-refractivity contribution in [3.8, 4) is 61.3 Å². The Bertz CT molecular complexity index is 3840. The number of hydrogen-bond donors (Lipinski definition) is 0. The lowest BCUT2D eigenvalue weighted by Gasteiger charge is -2.20. The Hall–Kier alpha value is -8.07. The first kappa shape index (κ1) is 32.8. The molecule has 61 heavy (non-hydrogen) atoms. The minimum Gasteiger partial charge on any atom is -0.307 e. The molecule has 0 fully saturated rings. The summed E-state index contributed by atoms with van der Waals surface area (Å²) in [6.07, 6.45) is 1.92. The van der Waals surface area contributed by atoms with Gasteiger partial charge in [-0.15, -0.1) is 0 Å². The number of nitrogens with zero attached hydrogens (tertiary/aromatic N) is 2. The van der Waals surface area contributed by atoms with Gasteiger partial charge in [-0.1, -0.05) is 170 Å². The van der Waals surface area contributed by atoms with Crippen LogP contribution in [-0.4, -0.2) is 9.55 Å². The Labute approximate surface area is 351 Å². The molecule has 280 valence electrons. The van der Waals surface area contributed by atoms with Crippen LogP contribution in [-0.2, 0) is 0 Å². The van der Waals surface area contributed by atoms with Crippen LogP contribution in [0.4, 0.5) is 0 Å². The van der Waals surface area contributed by atoms with E-state index in [-0.39, 0.29) is 0 Å². The van der Waals surface area contributed by atoms with Gasteiger partial charge in [-0.25, -0.2) is 0 Å². The highest BCUT2D eigenvalue weighted by molar-refractivity contribution is 6.32. The van der Waals surface area contributed by atoms with Gasteiger partial charge in [-0.3, -0.25) is 4.98 Å². The van der Waals surface area contributed by atoms with Crippen LogP contribution in [0.25, 0.3) is 137 Å². The van der Waals surface area contributed by atoms with Gasteiger partial charge in [0.25, 0.3) is 0 Å². The molecule has 1 aliphatic carbocycles. The van der Waals surface area contributed by atoms with E-state index in [4.69, 9.17) is 4.98 Å². The molecular weight excluding hydrogens is 737 g/mol. The van der Waals surface area contributed by atoms with Gasteiger partial charge >= 0.3 is 0 Å². The van der Waals surface area contributed by atoms with Crippen molar-refractivity contribution >= 4 is 75.8 Å². The number of hydrogen-bond acceptors (Lipinski definition) is 1. The third-order valence-electron chi connectivity index (χ3n) is 13.5. The average Bonchev–Trinajstić information content (AvgIpc) is 3.84. The minimum absolute atomic E-state index is 1.02. The quantitative estimate of drug-likeness (QED) is 0.163. The van der Waals surface area contributed by atoms with E-state index >= 15 is 0 Å². The summed E-state index contributed by atoms with van der Waals surface area (Å²) in [6, 6.07) is 74.1. The zero-order valence-electron chi connectivity index (χ0n) is 33.0. The Morgan fingerprint density at radius 1 is 0.328 bits per heavy atom. The number of benzene rings is 11. The second-order valence-corrected chi connectivity index (χ2v) is 16.5. The second-order valence-electron chi connectivity index (χ2n) is 16.5. The summed E-state index contributed by atoms with van der Waals surface area (Å²) in [7, 11) is 0. The molecule has 2 heterocycles. The third-order valence-corrected chi connectivity index (χ3v) is 13.5. The zero-order valence-corrected chi connectivity index (χ0v) is 33.0. The van der Waals surface area contributed by atoms with Gasteiger partial charge in [-0.2, -0.15) is 0 Å². The van der Waals surface area contributed by atoms with Gasteiger partial charge in [-0.05, 0) is 134 Å². The largest absolute Gasteiger partial charge is 0.307 e. The predicted molar refractivity (Wildman–Crippen MR) is 258 cm³/mol. The molecule has 0 atom stereocenters. The number of pyridine rings is 1. The fourth-order valence-electron chi connectivity index (χ4n) is 11.0. The van der Waals surface area contributed by atoms with E-state index < -0.39 is 0 Å². The molecule has 0 bridgehead atoms. The molecule has 0 radical (unpaired) electrons. The van der Waals surface area contributed by atoms with E-state index in [1.165, 1.54) is 120 Å². The van der Waals surface area contributed by atoms with E-state index in [0.717, 1.165) is 16.7 Å². The molecule has 0 saturated carbocycles. The molecule has 0 N–H and O–H groups in total. The summed E-state index contributed by atoms with van der Waals surface area (Å²) >= 11 is 0. The summed E-state index contributed by atoms with van der Waals surface area (Å²) in [5, 5.41) is 14.0. The molecule has 1 aliphatic rings. The maximum absolute atomic E-state index is 4.98. The van der Waals surface area contributed by atoms with Gasteiger partial charge in [0.05, 0.1) is 16.6 Å². The van der Waals surface area contributed by atoms with Crippen LogP contribution in [0.2, 0.25) is 0 Å². The monoisotopic (exact) mass is 770 g/mol. The lowest BCUT2D eigenvalue weighted by molar-refractivity contribution is 1.18. The summed E-state index contributed by atoms with van der Waals surface area (Å²) < 4.78 is 2.43. The van der Waals surface area contributed by atoms with Gasteiger partial charge in [0.2, 0.25) is 0 Å². The van der Waals surface area contributed by atoms with Crippen molar-refractivity contribution in [2.24, 2.45) is 0 Å². The van der Waals surface area contributed by atoms with Crippen LogP contribution < -0.4 is 0 Å². The highest BCUT2D eigenvalue weighted by Crippen LogP contribution is 2.58. The van der Waals surface area contributed by atoms with Crippen molar-refractivity contribution in [1.82, 2.24) is 9.55 Å². The van der Waals surface area contributed by atoms with Gasteiger partial charge in [0.1, 0.15) is 0 Å². The maximum atomic E-state index is 4.98. The van der Waals surface area contributed by atoms with E-state index in [2.05, 4.69) is 205 Å². The molecule has 2 nitrogen and oxygen atoms in total. The highest BCUT2D eigenvalue weighted by Gasteiger charge is 2.31. The lowest BCUT2D eigenvalue weighted by atomic mass is 9.82. The van der Waals surface area contributed by atoms with Crippen LogP contribution in [0.3, 0.4) is 0 Å². The predicted octanol–water partition coefficient (Wildman–Crippen LogP) is 16.0. The highest BCUT2D eigenvalue weighted by atomic mass is 15.0. The SMILES string of the molecule is c1ccc(-c2c3c(c(-c4ccccc4)c4ccccc24)-c2ccc(-c4ccc(-n5c6cccnc6c6cc7ccc8cccc9ccc(c7c89)c65)cc4)c4cccc-3c24)cc1. The summed E-state index contributed by atoms with van der Waals surface area (Å²) in [6.45, 7) is 0. The first-order valence-electron chi connectivity index (χ1n) is 21.1. The first-order valence-corrected chi connectivity index (χ1v) is 21.1. The number of aromatic nitrogens is 2. The lowest BCUT2D eigenvalue weighted by Crippen LogP contribution is -1.95. The third kappa shape index (κ3) is 4.43. The molecule has 0 unspecified atom stereocenters. The molecular formula is C59H34N2. The molecule has 2 heteroatoms. The van der Waals surface area contributed by atoms with Crippen LogP contribution in [0, 0.1) is 0 Å². The molecule has 0 saturated heterocycles. The van der Waals surface area contributed by atoms with Crippen LogP contribution >= 0.6 is 0 Å². The zero-order chi connectivity index (χ0) is 39.8.